The Morgan fingerprint density at radius 3 is 2.71 bits per heavy atom. The van der Waals surface area contributed by atoms with E-state index in [-0.39, 0.29) is 6.10 Å². The van der Waals surface area contributed by atoms with Crippen LogP contribution in [-0.4, -0.2) is 36.2 Å². The van der Waals surface area contributed by atoms with Crippen molar-refractivity contribution in [1.82, 2.24) is 10.2 Å². The minimum absolute atomic E-state index is 0.0816. The van der Waals surface area contributed by atoms with Crippen LogP contribution in [0.1, 0.15) is 24.0 Å². The maximum Gasteiger partial charge on any atom is 0.0564 e. The summed E-state index contributed by atoms with van der Waals surface area (Å²) in [6.45, 7) is 3.95. The Morgan fingerprint density at radius 1 is 1.29 bits per heavy atom. The molecule has 3 nitrogen and oxygen atoms in total. The first kappa shape index (κ1) is 12.6. The minimum Gasteiger partial charge on any atom is -0.393 e. The van der Waals surface area contributed by atoms with Gasteiger partial charge < -0.3 is 10.4 Å². The third kappa shape index (κ3) is 3.80. The number of aliphatic hydroxyl groups is 1. The summed E-state index contributed by atoms with van der Waals surface area (Å²) >= 11 is 0. The van der Waals surface area contributed by atoms with Crippen LogP contribution in [0.5, 0.6) is 0 Å². The topological polar surface area (TPSA) is 35.5 Å². The van der Waals surface area contributed by atoms with E-state index in [0.717, 1.165) is 39.0 Å². The molecule has 0 spiro atoms. The highest BCUT2D eigenvalue weighted by molar-refractivity contribution is 5.23. The van der Waals surface area contributed by atoms with Crippen LogP contribution in [0.4, 0.5) is 0 Å². The van der Waals surface area contributed by atoms with Gasteiger partial charge in [-0.3, -0.25) is 4.90 Å². The quantitative estimate of drug-likeness (QED) is 0.826. The van der Waals surface area contributed by atoms with Gasteiger partial charge in [0, 0.05) is 26.2 Å². The Balaban J connectivity index is 1.91. The van der Waals surface area contributed by atoms with Crippen LogP contribution in [0.2, 0.25) is 0 Å². The van der Waals surface area contributed by atoms with Crippen LogP contribution < -0.4 is 5.32 Å². The molecule has 0 radical (unpaired) electrons. The molecule has 17 heavy (non-hydrogen) atoms. The van der Waals surface area contributed by atoms with Crippen molar-refractivity contribution in [1.29, 1.82) is 0 Å². The molecule has 94 valence electrons. The van der Waals surface area contributed by atoms with E-state index in [1.807, 2.05) is 7.05 Å². The van der Waals surface area contributed by atoms with Gasteiger partial charge in [-0.2, -0.15) is 0 Å². The molecule has 0 aliphatic carbocycles. The lowest BCUT2D eigenvalue weighted by Gasteiger charge is -2.29. The van der Waals surface area contributed by atoms with Crippen molar-refractivity contribution in [3.05, 3.63) is 35.4 Å². The summed E-state index contributed by atoms with van der Waals surface area (Å²) in [4.78, 5) is 2.42. The van der Waals surface area contributed by atoms with Crippen molar-refractivity contribution < 1.29 is 5.11 Å². The molecule has 1 aromatic rings. The van der Waals surface area contributed by atoms with Crippen LogP contribution in [0, 0.1) is 0 Å². The van der Waals surface area contributed by atoms with Crippen LogP contribution in [0.15, 0.2) is 24.3 Å². The molecule has 0 atom stereocenters. The van der Waals surface area contributed by atoms with Gasteiger partial charge in [-0.1, -0.05) is 24.3 Å². The molecule has 1 fully saturated rings. The van der Waals surface area contributed by atoms with Crippen LogP contribution in [0.3, 0.4) is 0 Å². The predicted octanol–water partition coefficient (Wildman–Crippen LogP) is 1.36. The first-order valence-corrected chi connectivity index (χ1v) is 6.41. The Morgan fingerprint density at radius 2 is 2.00 bits per heavy atom. The second-order valence-electron chi connectivity index (χ2n) is 4.86. The Hall–Kier alpha value is -0.900. The molecule has 0 amide bonds. The molecular formula is C14H22N2O. The number of likely N-dealkylation sites (tertiary alicyclic amines) is 1. The van der Waals surface area contributed by atoms with Crippen molar-refractivity contribution in [2.24, 2.45) is 0 Å². The second-order valence-corrected chi connectivity index (χ2v) is 4.86. The highest BCUT2D eigenvalue weighted by Gasteiger charge is 2.16. The number of piperidine rings is 1. The molecule has 0 aromatic heterocycles. The van der Waals surface area contributed by atoms with E-state index in [1.165, 1.54) is 11.1 Å². The summed E-state index contributed by atoms with van der Waals surface area (Å²) in [6.07, 6.45) is 1.74. The minimum atomic E-state index is -0.0816. The first-order valence-electron chi connectivity index (χ1n) is 6.41. The zero-order valence-corrected chi connectivity index (χ0v) is 10.5. The monoisotopic (exact) mass is 234 g/mol. The molecule has 1 aliphatic heterocycles. The SMILES string of the molecule is CNCc1cccc(CN2CCC(O)CC2)c1. The molecule has 0 bridgehead atoms. The summed E-state index contributed by atoms with van der Waals surface area (Å²) in [7, 11) is 1.97. The fourth-order valence-electron chi connectivity index (χ4n) is 2.38. The third-order valence-corrected chi connectivity index (χ3v) is 3.34. The first-order chi connectivity index (χ1) is 8.28. The van der Waals surface area contributed by atoms with E-state index in [4.69, 9.17) is 0 Å². The van der Waals surface area contributed by atoms with Gasteiger partial charge in [0.25, 0.3) is 0 Å². The molecular weight excluding hydrogens is 212 g/mol. The fourth-order valence-corrected chi connectivity index (χ4v) is 2.38. The lowest BCUT2D eigenvalue weighted by Crippen LogP contribution is -2.35. The summed E-state index contributed by atoms with van der Waals surface area (Å²) in [5, 5.41) is 12.6. The molecule has 1 saturated heterocycles. The van der Waals surface area contributed by atoms with E-state index in [2.05, 4.69) is 34.5 Å². The van der Waals surface area contributed by atoms with E-state index < -0.39 is 0 Å². The molecule has 0 unspecified atom stereocenters. The Kier molecular flexibility index (Phi) is 4.54. The van der Waals surface area contributed by atoms with Crippen molar-refractivity contribution in [3.8, 4) is 0 Å². The lowest BCUT2D eigenvalue weighted by molar-refractivity contribution is 0.0792. The summed E-state index contributed by atoms with van der Waals surface area (Å²) in [5.41, 5.74) is 2.70. The van der Waals surface area contributed by atoms with Crippen LogP contribution in [-0.2, 0) is 13.1 Å². The standard InChI is InChI=1S/C14H22N2O/c1-15-10-12-3-2-4-13(9-12)11-16-7-5-14(17)6-8-16/h2-4,9,14-15,17H,5-8,10-11H2,1H3. The van der Waals surface area contributed by atoms with Gasteiger partial charge in [0.2, 0.25) is 0 Å². The highest BCUT2D eigenvalue weighted by atomic mass is 16.3. The van der Waals surface area contributed by atoms with E-state index in [1.54, 1.807) is 0 Å². The number of benzene rings is 1. The van der Waals surface area contributed by atoms with Gasteiger partial charge in [0.1, 0.15) is 0 Å². The van der Waals surface area contributed by atoms with Gasteiger partial charge in [-0.05, 0) is 31.0 Å². The smallest absolute Gasteiger partial charge is 0.0564 e. The number of nitrogens with zero attached hydrogens (tertiary/aromatic N) is 1. The zero-order valence-electron chi connectivity index (χ0n) is 10.5. The van der Waals surface area contributed by atoms with E-state index in [9.17, 15) is 5.11 Å². The average Bonchev–Trinajstić information content (AvgIpc) is 2.33. The molecule has 2 rings (SSSR count). The average molecular weight is 234 g/mol. The number of nitrogens with one attached hydrogen (secondary N) is 1. The van der Waals surface area contributed by atoms with E-state index in [0.29, 0.717) is 0 Å². The molecule has 1 aromatic carbocycles. The molecule has 3 heteroatoms. The normalized spacial score (nSPS) is 18.5. The summed E-state index contributed by atoms with van der Waals surface area (Å²) < 4.78 is 0. The van der Waals surface area contributed by atoms with Gasteiger partial charge in [0.15, 0.2) is 0 Å². The van der Waals surface area contributed by atoms with Gasteiger partial charge in [-0.15, -0.1) is 0 Å². The zero-order chi connectivity index (χ0) is 12.1. The Labute approximate surface area is 103 Å². The second kappa shape index (κ2) is 6.15. The maximum absolute atomic E-state index is 9.47. The van der Waals surface area contributed by atoms with Crippen molar-refractivity contribution in [3.63, 3.8) is 0 Å². The predicted molar refractivity (Wildman–Crippen MR) is 69.7 cm³/mol. The van der Waals surface area contributed by atoms with Crippen molar-refractivity contribution in [2.75, 3.05) is 20.1 Å². The molecule has 0 saturated carbocycles. The highest BCUT2D eigenvalue weighted by Crippen LogP contribution is 2.14. The third-order valence-electron chi connectivity index (χ3n) is 3.34. The van der Waals surface area contributed by atoms with Gasteiger partial charge in [0.05, 0.1) is 6.10 Å². The molecule has 1 aliphatic rings. The van der Waals surface area contributed by atoms with E-state index >= 15 is 0 Å². The molecule has 2 N–H and O–H groups in total. The van der Waals surface area contributed by atoms with Crippen LogP contribution in [0.25, 0.3) is 0 Å². The van der Waals surface area contributed by atoms with Gasteiger partial charge >= 0.3 is 0 Å². The number of aliphatic hydroxyl groups excluding tert-OH is 1. The summed E-state index contributed by atoms with van der Waals surface area (Å²) in [6, 6.07) is 8.73. The maximum atomic E-state index is 9.47. The van der Waals surface area contributed by atoms with Gasteiger partial charge in [-0.25, -0.2) is 0 Å². The number of hydrogen-bond donors (Lipinski definition) is 2. The van der Waals surface area contributed by atoms with Crippen LogP contribution >= 0.6 is 0 Å². The lowest BCUT2D eigenvalue weighted by atomic mass is 10.1. The largest absolute Gasteiger partial charge is 0.393 e. The summed E-state index contributed by atoms with van der Waals surface area (Å²) in [5.74, 6) is 0. The van der Waals surface area contributed by atoms with Crippen molar-refractivity contribution in [2.45, 2.75) is 32.0 Å². The Bertz CT molecular complexity index is 346. The fraction of sp³-hybridized carbons (Fsp3) is 0.571. The number of hydrogen-bond acceptors (Lipinski definition) is 3. The molecule has 1 heterocycles. The van der Waals surface area contributed by atoms with Crippen molar-refractivity contribution >= 4 is 0 Å². The number of rotatable bonds is 4.